The van der Waals surface area contributed by atoms with Crippen LogP contribution in [0.15, 0.2) is 84.9 Å². The van der Waals surface area contributed by atoms with Crippen LogP contribution < -0.4 is 15.6 Å². The number of piperidine rings is 1. The van der Waals surface area contributed by atoms with Crippen molar-refractivity contribution in [1.29, 1.82) is 0 Å². The summed E-state index contributed by atoms with van der Waals surface area (Å²) in [4.78, 5) is 26.1. The number of anilines is 4. The number of carbonyl (C=O) groups excluding carboxylic acids is 1. The number of benzene rings is 2. The van der Waals surface area contributed by atoms with Crippen LogP contribution in [-0.4, -0.2) is 50.7 Å². The van der Waals surface area contributed by atoms with Gasteiger partial charge in [-0.3, -0.25) is 4.79 Å². The fourth-order valence-corrected chi connectivity index (χ4v) is 4.78. The molecule has 9 heteroatoms. The molecular weight excluding hydrogens is 452 g/mol. The maximum atomic E-state index is 12.0. The number of amidine groups is 1. The summed E-state index contributed by atoms with van der Waals surface area (Å²) in [6, 6.07) is 18.3. The topological polar surface area (TPSA) is 102 Å². The molecule has 1 amide bonds. The molecule has 0 bridgehead atoms. The SMILES string of the molecule is C=CC(=O)N1CCC(N2N=C(Nc3ccc(Nc4ccccc4)cc3)c3c[nH]c4ncnc2c34)CC1. The molecule has 36 heavy (non-hydrogen) atoms. The molecule has 0 unspecified atom stereocenters. The Balaban J connectivity index is 1.26. The maximum absolute atomic E-state index is 12.0. The number of nitrogens with one attached hydrogen (secondary N) is 3. The van der Waals surface area contributed by atoms with E-state index in [1.54, 1.807) is 6.33 Å². The van der Waals surface area contributed by atoms with Gasteiger partial charge in [-0.2, -0.15) is 5.10 Å². The fraction of sp³-hybridized carbons (Fsp3) is 0.185. The average Bonchev–Trinajstić information content (AvgIpc) is 3.37. The van der Waals surface area contributed by atoms with Gasteiger partial charge >= 0.3 is 0 Å². The Kier molecular flexibility index (Phi) is 5.57. The first-order valence-electron chi connectivity index (χ1n) is 12.0. The molecule has 0 saturated carbocycles. The highest BCUT2D eigenvalue weighted by Crippen LogP contribution is 2.35. The Morgan fingerprint density at radius 1 is 0.972 bits per heavy atom. The minimum atomic E-state index is -0.0273. The molecule has 9 nitrogen and oxygen atoms in total. The highest BCUT2D eigenvalue weighted by Gasteiger charge is 2.32. The first-order chi connectivity index (χ1) is 17.7. The predicted octanol–water partition coefficient (Wildman–Crippen LogP) is 4.47. The van der Waals surface area contributed by atoms with Gasteiger partial charge in [-0.25, -0.2) is 15.0 Å². The molecule has 0 spiro atoms. The summed E-state index contributed by atoms with van der Waals surface area (Å²) >= 11 is 0. The van der Waals surface area contributed by atoms with Gasteiger partial charge in [0.1, 0.15) is 12.0 Å². The summed E-state index contributed by atoms with van der Waals surface area (Å²) in [5.74, 6) is 1.50. The Labute approximate surface area is 208 Å². The van der Waals surface area contributed by atoms with Crippen LogP contribution in [0.1, 0.15) is 18.4 Å². The zero-order chi connectivity index (χ0) is 24.5. The normalized spacial score (nSPS) is 15.5. The van der Waals surface area contributed by atoms with Crippen LogP contribution in [0.2, 0.25) is 0 Å². The number of H-pyrrole nitrogens is 1. The van der Waals surface area contributed by atoms with Gasteiger partial charge in [0, 0.05) is 41.9 Å². The smallest absolute Gasteiger partial charge is 0.245 e. The monoisotopic (exact) mass is 478 g/mol. The number of aromatic nitrogens is 3. The molecular formula is C27H26N8O. The molecule has 2 aromatic carbocycles. The van der Waals surface area contributed by atoms with Crippen molar-refractivity contribution in [3.8, 4) is 0 Å². The lowest BCUT2D eigenvalue weighted by atomic mass is 10.0. The van der Waals surface area contributed by atoms with Crippen LogP contribution in [0.3, 0.4) is 0 Å². The van der Waals surface area contributed by atoms with Gasteiger partial charge in [0.15, 0.2) is 11.7 Å². The van der Waals surface area contributed by atoms with Crippen molar-refractivity contribution in [3.05, 3.63) is 85.3 Å². The van der Waals surface area contributed by atoms with E-state index in [4.69, 9.17) is 5.10 Å². The first-order valence-corrected chi connectivity index (χ1v) is 12.0. The summed E-state index contributed by atoms with van der Waals surface area (Å²) in [6.45, 7) is 4.93. The molecule has 180 valence electrons. The molecule has 2 aromatic heterocycles. The Morgan fingerprint density at radius 2 is 1.67 bits per heavy atom. The molecule has 0 radical (unpaired) electrons. The van der Waals surface area contributed by atoms with Crippen molar-refractivity contribution in [2.24, 2.45) is 5.10 Å². The van der Waals surface area contributed by atoms with Crippen LogP contribution in [0.5, 0.6) is 0 Å². The number of amides is 1. The fourth-order valence-electron chi connectivity index (χ4n) is 4.78. The number of hydrazone groups is 1. The molecule has 2 aliphatic rings. The van der Waals surface area contributed by atoms with Crippen LogP contribution in [0.25, 0.3) is 11.0 Å². The lowest BCUT2D eigenvalue weighted by molar-refractivity contribution is -0.127. The molecule has 0 atom stereocenters. The lowest BCUT2D eigenvalue weighted by Gasteiger charge is -2.37. The van der Waals surface area contributed by atoms with Crippen molar-refractivity contribution < 1.29 is 4.79 Å². The third kappa shape index (κ3) is 4.04. The molecule has 2 aliphatic heterocycles. The molecule has 3 N–H and O–H groups in total. The second-order valence-corrected chi connectivity index (χ2v) is 8.87. The zero-order valence-corrected chi connectivity index (χ0v) is 19.7. The first kappa shape index (κ1) is 21.8. The van der Waals surface area contributed by atoms with E-state index >= 15 is 0 Å². The minimum Gasteiger partial charge on any atom is -0.356 e. The molecule has 6 rings (SSSR count). The summed E-state index contributed by atoms with van der Waals surface area (Å²) < 4.78 is 0. The van der Waals surface area contributed by atoms with Gasteiger partial charge in [-0.15, -0.1) is 0 Å². The van der Waals surface area contributed by atoms with E-state index in [0.29, 0.717) is 13.1 Å². The third-order valence-electron chi connectivity index (χ3n) is 6.64. The number of likely N-dealkylation sites (tertiary alicyclic amines) is 1. The van der Waals surface area contributed by atoms with Gasteiger partial charge in [0.2, 0.25) is 5.91 Å². The van der Waals surface area contributed by atoms with Crippen molar-refractivity contribution in [2.45, 2.75) is 18.9 Å². The quantitative estimate of drug-likeness (QED) is 0.366. The van der Waals surface area contributed by atoms with E-state index in [0.717, 1.165) is 58.2 Å². The van der Waals surface area contributed by atoms with E-state index in [1.165, 1.54) is 6.08 Å². The number of nitrogens with zero attached hydrogens (tertiary/aromatic N) is 5. The maximum Gasteiger partial charge on any atom is 0.245 e. The largest absolute Gasteiger partial charge is 0.356 e. The van der Waals surface area contributed by atoms with Crippen LogP contribution in [-0.2, 0) is 4.79 Å². The summed E-state index contributed by atoms with van der Waals surface area (Å²) in [6.07, 6.45) is 6.45. The van der Waals surface area contributed by atoms with Gasteiger partial charge in [-0.1, -0.05) is 24.8 Å². The van der Waals surface area contributed by atoms with Crippen LogP contribution in [0, 0.1) is 0 Å². The van der Waals surface area contributed by atoms with Crippen molar-refractivity contribution >= 4 is 45.7 Å². The summed E-state index contributed by atoms with van der Waals surface area (Å²) in [5, 5.41) is 14.8. The molecule has 1 saturated heterocycles. The zero-order valence-electron chi connectivity index (χ0n) is 19.7. The number of para-hydroxylation sites is 1. The predicted molar refractivity (Wildman–Crippen MR) is 142 cm³/mol. The Bertz CT molecular complexity index is 1440. The van der Waals surface area contributed by atoms with E-state index in [2.05, 4.69) is 32.2 Å². The van der Waals surface area contributed by atoms with Gasteiger partial charge in [0.25, 0.3) is 0 Å². The number of rotatable bonds is 5. The van der Waals surface area contributed by atoms with Gasteiger partial charge < -0.3 is 20.5 Å². The molecule has 4 aromatic rings. The second-order valence-electron chi connectivity index (χ2n) is 8.87. The van der Waals surface area contributed by atoms with Crippen molar-refractivity contribution in [2.75, 3.05) is 28.7 Å². The summed E-state index contributed by atoms with van der Waals surface area (Å²) in [5.41, 5.74) is 4.67. The van der Waals surface area contributed by atoms with E-state index in [-0.39, 0.29) is 11.9 Å². The lowest BCUT2D eigenvalue weighted by Crippen LogP contribution is -2.46. The number of carbonyl (C=O) groups is 1. The van der Waals surface area contributed by atoms with E-state index in [9.17, 15) is 4.79 Å². The summed E-state index contributed by atoms with van der Waals surface area (Å²) in [7, 11) is 0. The number of hydrogen-bond donors (Lipinski definition) is 3. The standard InChI is InChI=1S/C27H26N8O/c1-2-23(36)34-14-12-21(13-15-34)35-27-24-22(16-28-26(24)29-17-30-27)25(33-35)32-20-10-8-19(9-11-20)31-18-6-4-3-5-7-18/h2-11,16-17,21,31H,1,12-15H2,(H,32,33)(H,28,29,30). The average molecular weight is 479 g/mol. The van der Waals surface area contributed by atoms with E-state index in [1.807, 2.05) is 70.7 Å². The molecule has 4 heterocycles. The van der Waals surface area contributed by atoms with Gasteiger partial charge in [-0.05, 0) is 55.3 Å². The highest BCUT2D eigenvalue weighted by molar-refractivity contribution is 6.19. The van der Waals surface area contributed by atoms with E-state index < -0.39 is 0 Å². The van der Waals surface area contributed by atoms with Crippen molar-refractivity contribution in [3.63, 3.8) is 0 Å². The Hall–Kier alpha value is -4.66. The number of aromatic amines is 1. The highest BCUT2D eigenvalue weighted by atomic mass is 16.2. The second kappa shape index (κ2) is 9.18. The molecule has 0 aliphatic carbocycles. The molecule has 1 fully saturated rings. The van der Waals surface area contributed by atoms with Gasteiger partial charge in [0.05, 0.1) is 11.4 Å². The van der Waals surface area contributed by atoms with Crippen LogP contribution >= 0.6 is 0 Å². The number of hydrogen-bond acceptors (Lipinski definition) is 7. The third-order valence-corrected chi connectivity index (χ3v) is 6.64. The van der Waals surface area contributed by atoms with Crippen LogP contribution in [0.4, 0.5) is 22.9 Å². The van der Waals surface area contributed by atoms with Crippen molar-refractivity contribution in [1.82, 2.24) is 19.9 Å². The Morgan fingerprint density at radius 3 is 2.39 bits per heavy atom. The minimum absolute atomic E-state index is 0.0273.